The number of likely N-dealkylation sites (N-methyl/N-ethyl adjacent to an activating group) is 1. The maximum absolute atomic E-state index is 6.20. The third kappa shape index (κ3) is 3.90. The highest BCUT2D eigenvalue weighted by molar-refractivity contribution is 6.31. The Kier molecular flexibility index (Phi) is 5.32. The van der Waals surface area contributed by atoms with Gasteiger partial charge in [0.15, 0.2) is 0 Å². The van der Waals surface area contributed by atoms with Gasteiger partial charge in [0, 0.05) is 36.9 Å². The van der Waals surface area contributed by atoms with E-state index in [2.05, 4.69) is 47.3 Å². The minimum atomic E-state index is 0.809. The van der Waals surface area contributed by atoms with Crippen molar-refractivity contribution in [3.63, 3.8) is 0 Å². The van der Waals surface area contributed by atoms with E-state index >= 15 is 0 Å². The van der Waals surface area contributed by atoms with Gasteiger partial charge in [-0.3, -0.25) is 0 Å². The molecular formula is C16H24ClN3. The average Bonchev–Trinajstić information content (AvgIpc) is 2.43. The molecule has 0 aromatic heterocycles. The monoisotopic (exact) mass is 293 g/mol. The smallest absolute Gasteiger partial charge is 0.102 e. The summed E-state index contributed by atoms with van der Waals surface area (Å²) in [6, 6.07) is 6.13. The van der Waals surface area contributed by atoms with Crippen LogP contribution in [0.3, 0.4) is 0 Å². The fourth-order valence-corrected chi connectivity index (χ4v) is 2.50. The molecule has 1 fully saturated rings. The molecule has 0 atom stereocenters. The number of allylic oxidation sites excluding steroid dienone is 1. The second-order valence-electron chi connectivity index (χ2n) is 5.38. The predicted octanol–water partition coefficient (Wildman–Crippen LogP) is 3.56. The number of piperazine rings is 1. The van der Waals surface area contributed by atoms with Gasteiger partial charge in [0.05, 0.1) is 0 Å². The van der Waals surface area contributed by atoms with E-state index in [4.69, 9.17) is 11.6 Å². The van der Waals surface area contributed by atoms with Gasteiger partial charge in [-0.05, 0) is 44.2 Å². The van der Waals surface area contributed by atoms with Crippen molar-refractivity contribution in [1.82, 2.24) is 9.80 Å². The fraction of sp³-hybridized carbons (Fsp3) is 0.500. The second-order valence-corrected chi connectivity index (χ2v) is 5.78. The van der Waals surface area contributed by atoms with Crippen molar-refractivity contribution in [3.8, 4) is 0 Å². The van der Waals surface area contributed by atoms with Crippen LogP contribution < -0.4 is 5.32 Å². The van der Waals surface area contributed by atoms with Crippen molar-refractivity contribution in [2.75, 3.05) is 38.5 Å². The highest BCUT2D eigenvalue weighted by atomic mass is 35.5. The Morgan fingerprint density at radius 2 is 2.00 bits per heavy atom. The fourth-order valence-electron chi connectivity index (χ4n) is 2.32. The molecule has 1 heterocycles. The summed E-state index contributed by atoms with van der Waals surface area (Å²) in [6.07, 6.45) is 3.27. The number of nitrogens with one attached hydrogen (secondary N) is 1. The summed E-state index contributed by atoms with van der Waals surface area (Å²) in [5.74, 6) is 1.19. The third-order valence-electron chi connectivity index (χ3n) is 3.69. The quantitative estimate of drug-likeness (QED) is 0.916. The number of hydrogen-bond acceptors (Lipinski definition) is 3. The summed E-state index contributed by atoms with van der Waals surface area (Å²) in [5, 5.41) is 4.33. The van der Waals surface area contributed by atoms with Crippen molar-refractivity contribution in [1.29, 1.82) is 0 Å². The largest absolute Gasteiger partial charge is 0.356 e. The van der Waals surface area contributed by atoms with Crippen LogP contribution in [0.1, 0.15) is 18.9 Å². The first-order valence-corrected chi connectivity index (χ1v) is 7.64. The van der Waals surface area contributed by atoms with Crippen LogP contribution in [0.25, 0.3) is 0 Å². The topological polar surface area (TPSA) is 18.5 Å². The van der Waals surface area contributed by atoms with Crippen LogP contribution in [0.4, 0.5) is 5.69 Å². The summed E-state index contributed by atoms with van der Waals surface area (Å²) >= 11 is 6.20. The van der Waals surface area contributed by atoms with Crippen LogP contribution in [0.2, 0.25) is 5.02 Å². The summed E-state index contributed by atoms with van der Waals surface area (Å²) in [5.41, 5.74) is 2.16. The maximum atomic E-state index is 6.20. The van der Waals surface area contributed by atoms with Gasteiger partial charge in [0.1, 0.15) is 5.82 Å². The first-order chi connectivity index (χ1) is 9.60. The van der Waals surface area contributed by atoms with Crippen LogP contribution in [0.5, 0.6) is 0 Å². The SMILES string of the molecule is CC/C=C(/Nc1ccc(C)c(Cl)c1)N1CCN(C)CC1. The lowest BCUT2D eigenvalue weighted by atomic mass is 10.2. The first-order valence-electron chi connectivity index (χ1n) is 7.27. The molecule has 0 aliphatic carbocycles. The average molecular weight is 294 g/mol. The summed E-state index contributed by atoms with van der Waals surface area (Å²) in [4.78, 5) is 4.78. The molecule has 110 valence electrons. The van der Waals surface area contributed by atoms with Gasteiger partial charge in [0.25, 0.3) is 0 Å². The molecule has 1 aliphatic heterocycles. The second kappa shape index (κ2) is 7.00. The van der Waals surface area contributed by atoms with Crippen molar-refractivity contribution in [2.45, 2.75) is 20.3 Å². The molecule has 0 bridgehead atoms. The molecule has 0 radical (unpaired) electrons. The number of nitrogens with zero attached hydrogens (tertiary/aromatic N) is 2. The summed E-state index contributed by atoms with van der Waals surface area (Å²) < 4.78 is 0. The number of halogens is 1. The number of rotatable bonds is 4. The Hall–Kier alpha value is -1.19. The van der Waals surface area contributed by atoms with E-state index in [0.29, 0.717) is 0 Å². The van der Waals surface area contributed by atoms with E-state index < -0.39 is 0 Å². The molecule has 3 nitrogen and oxygen atoms in total. The molecule has 0 saturated carbocycles. The minimum absolute atomic E-state index is 0.809. The van der Waals surface area contributed by atoms with Gasteiger partial charge in [0.2, 0.25) is 0 Å². The van der Waals surface area contributed by atoms with Crippen molar-refractivity contribution in [2.24, 2.45) is 0 Å². The molecule has 4 heteroatoms. The zero-order valence-electron chi connectivity index (χ0n) is 12.6. The highest BCUT2D eigenvalue weighted by Crippen LogP contribution is 2.22. The Labute approximate surface area is 127 Å². The summed E-state index contributed by atoms with van der Waals surface area (Å²) in [6.45, 7) is 8.54. The van der Waals surface area contributed by atoms with Crippen LogP contribution in [0, 0.1) is 6.92 Å². The standard InChI is InChI=1S/C16H24ClN3/c1-4-5-16(20-10-8-19(3)9-11-20)18-14-7-6-13(2)15(17)12-14/h5-7,12,18H,4,8-11H2,1-3H3/b16-5-. The predicted molar refractivity (Wildman–Crippen MR) is 87.3 cm³/mol. The molecule has 20 heavy (non-hydrogen) atoms. The number of aryl methyl sites for hydroxylation is 1. The molecule has 1 aromatic rings. The zero-order valence-corrected chi connectivity index (χ0v) is 13.4. The third-order valence-corrected chi connectivity index (χ3v) is 4.09. The normalized spacial score (nSPS) is 17.4. The molecule has 0 unspecified atom stereocenters. The van der Waals surface area contributed by atoms with E-state index in [1.165, 1.54) is 5.82 Å². The Balaban J connectivity index is 2.09. The van der Waals surface area contributed by atoms with Gasteiger partial charge in [-0.1, -0.05) is 24.6 Å². The number of benzene rings is 1. The van der Waals surface area contributed by atoms with Crippen LogP contribution in [0.15, 0.2) is 30.1 Å². The van der Waals surface area contributed by atoms with Gasteiger partial charge < -0.3 is 15.1 Å². The van der Waals surface area contributed by atoms with E-state index in [9.17, 15) is 0 Å². The minimum Gasteiger partial charge on any atom is -0.356 e. The van der Waals surface area contributed by atoms with Crippen LogP contribution in [-0.2, 0) is 0 Å². The van der Waals surface area contributed by atoms with Crippen LogP contribution in [-0.4, -0.2) is 43.0 Å². The maximum Gasteiger partial charge on any atom is 0.102 e. The zero-order chi connectivity index (χ0) is 14.5. The van der Waals surface area contributed by atoms with Crippen molar-refractivity contribution < 1.29 is 0 Å². The molecule has 2 rings (SSSR count). The van der Waals surface area contributed by atoms with Gasteiger partial charge in [-0.2, -0.15) is 0 Å². The molecule has 1 aromatic carbocycles. The van der Waals surface area contributed by atoms with Crippen molar-refractivity contribution in [3.05, 3.63) is 40.7 Å². The molecule has 0 spiro atoms. The molecule has 1 aliphatic rings. The highest BCUT2D eigenvalue weighted by Gasteiger charge is 2.16. The molecule has 0 amide bonds. The lowest BCUT2D eigenvalue weighted by molar-refractivity contribution is 0.187. The van der Waals surface area contributed by atoms with E-state index in [0.717, 1.165) is 48.9 Å². The van der Waals surface area contributed by atoms with E-state index in [1.807, 2.05) is 13.0 Å². The Bertz CT molecular complexity index is 477. The van der Waals surface area contributed by atoms with Gasteiger partial charge in [-0.15, -0.1) is 0 Å². The van der Waals surface area contributed by atoms with Crippen molar-refractivity contribution >= 4 is 17.3 Å². The first kappa shape index (κ1) is 15.2. The number of anilines is 1. The Morgan fingerprint density at radius 3 is 2.60 bits per heavy atom. The number of hydrogen-bond donors (Lipinski definition) is 1. The van der Waals surface area contributed by atoms with E-state index in [1.54, 1.807) is 0 Å². The lowest BCUT2D eigenvalue weighted by Crippen LogP contribution is -2.45. The van der Waals surface area contributed by atoms with Crippen LogP contribution >= 0.6 is 11.6 Å². The van der Waals surface area contributed by atoms with Gasteiger partial charge in [-0.25, -0.2) is 0 Å². The summed E-state index contributed by atoms with van der Waals surface area (Å²) in [7, 11) is 2.17. The van der Waals surface area contributed by atoms with Gasteiger partial charge >= 0.3 is 0 Å². The lowest BCUT2D eigenvalue weighted by Gasteiger charge is -2.36. The molecular weight excluding hydrogens is 270 g/mol. The Morgan fingerprint density at radius 1 is 1.30 bits per heavy atom. The molecule has 1 saturated heterocycles. The molecule has 1 N–H and O–H groups in total. The van der Waals surface area contributed by atoms with E-state index in [-0.39, 0.29) is 0 Å².